The molecule has 6 heteroatoms. The number of hydrogen-bond donors (Lipinski definition) is 2. The molecule has 27 heavy (non-hydrogen) atoms. The maximum atomic E-state index is 12.5. The standard InChI is InChI=1S/C21H21ClN4O/c1-13-7-6-8-14(2)20(13)26-19-11-18(24-15(3)25-19)21(27)23-12-16-9-4-5-10-17(16)22/h4-11H,12H2,1-3H3,(H,23,27)(H,24,25,26). The first-order valence-electron chi connectivity index (χ1n) is 8.64. The first kappa shape index (κ1) is 18.9. The lowest BCUT2D eigenvalue weighted by Crippen LogP contribution is -2.24. The van der Waals surface area contributed by atoms with Gasteiger partial charge in [-0.3, -0.25) is 4.79 Å². The van der Waals surface area contributed by atoms with Gasteiger partial charge >= 0.3 is 0 Å². The molecule has 1 heterocycles. The summed E-state index contributed by atoms with van der Waals surface area (Å²) in [6.45, 7) is 6.16. The van der Waals surface area contributed by atoms with Crippen LogP contribution >= 0.6 is 11.6 Å². The zero-order valence-electron chi connectivity index (χ0n) is 15.5. The summed E-state index contributed by atoms with van der Waals surface area (Å²) in [5.74, 6) is 0.835. The second kappa shape index (κ2) is 8.18. The summed E-state index contributed by atoms with van der Waals surface area (Å²) in [5, 5.41) is 6.78. The van der Waals surface area contributed by atoms with Crippen molar-refractivity contribution in [2.75, 3.05) is 5.32 Å². The van der Waals surface area contributed by atoms with E-state index < -0.39 is 0 Å². The highest BCUT2D eigenvalue weighted by atomic mass is 35.5. The normalized spacial score (nSPS) is 10.5. The van der Waals surface area contributed by atoms with Crippen molar-refractivity contribution in [1.29, 1.82) is 0 Å². The Morgan fingerprint density at radius 3 is 2.41 bits per heavy atom. The zero-order valence-corrected chi connectivity index (χ0v) is 16.3. The number of aromatic nitrogens is 2. The number of carbonyl (C=O) groups excluding carboxylic acids is 1. The van der Waals surface area contributed by atoms with Crippen LogP contribution in [0, 0.1) is 20.8 Å². The van der Waals surface area contributed by atoms with Crippen LogP contribution in [0.3, 0.4) is 0 Å². The molecule has 0 fully saturated rings. The van der Waals surface area contributed by atoms with Crippen LogP contribution in [0.15, 0.2) is 48.5 Å². The van der Waals surface area contributed by atoms with Gasteiger partial charge in [-0.25, -0.2) is 9.97 Å². The summed E-state index contributed by atoms with van der Waals surface area (Å²) in [4.78, 5) is 21.2. The molecule has 138 valence electrons. The summed E-state index contributed by atoms with van der Waals surface area (Å²) in [6.07, 6.45) is 0. The van der Waals surface area contributed by atoms with Gasteiger partial charge in [-0.2, -0.15) is 0 Å². The molecule has 0 bridgehead atoms. The molecule has 0 atom stereocenters. The number of para-hydroxylation sites is 1. The van der Waals surface area contributed by atoms with Crippen LogP contribution in [-0.4, -0.2) is 15.9 Å². The Labute approximate surface area is 163 Å². The molecular weight excluding hydrogens is 360 g/mol. The van der Waals surface area contributed by atoms with E-state index in [1.54, 1.807) is 19.1 Å². The number of carbonyl (C=O) groups is 1. The van der Waals surface area contributed by atoms with Gasteiger partial charge in [0.25, 0.3) is 5.91 Å². The van der Waals surface area contributed by atoms with E-state index in [0.29, 0.717) is 28.9 Å². The fourth-order valence-corrected chi connectivity index (χ4v) is 3.00. The predicted molar refractivity (Wildman–Crippen MR) is 109 cm³/mol. The van der Waals surface area contributed by atoms with Crippen molar-refractivity contribution in [3.8, 4) is 0 Å². The molecular formula is C21H21ClN4O. The third-order valence-electron chi connectivity index (χ3n) is 4.20. The van der Waals surface area contributed by atoms with Gasteiger partial charge in [0.05, 0.1) is 0 Å². The Kier molecular flexibility index (Phi) is 5.72. The number of aryl methyl sites for hydroxylation is 3. The van der Waals surface area contributed by atoms with Crippen molar-refractivity contribution >= 4 is 29.0 Å². The van der Waals surface area contributed by atoms with Crippen molar-refractivity contribution in [2.45, 2.75) is 27.3 Å². The SMILES string of the molecule is Cc1nc(Nc2c(C)cccc2C)cc(C(=O)NCc2ccccc2Cl)n1. The molecule has 1 aromatic heterocycles. The number of benzene rings is 2. The number of nitrogens with one attached hydrogen (secondary N) is 2. The van der Waals surface area contributed by atoms with E-state index in [1.807, 2.05) is 50.2 Å². The molecule has 3 rings (SSSR count). The molecule has 2 aromatic carbocycles. The van der Waals surface area contributed by atoms with Gasteiger partial charge in [0, 0.05) is 23.3 Å². The lowest BCUT2D eigenvalue weighted by atomic mass is 10.1. The topological polar surface area (TPSA) is 66.9 Å². The first-order chi connectivity index (χ1) is 12.9. The summed E-state index contributed by atoms with van der Waals surface area (Å²) < 4.78 is 0. The minimum atomic E-state index is -0.273. The zero-order chi connectivity index (χ0) is 19.4. The van der Waals surface area contributed by atoms with Crippen LogP contribution in [0.1, 0.15) is 33.0 Å². The Morgan fingerprint density at radius 1 is 1.00 bits per heavy atom. The minimum Gasteiger partial charge on any atom is -0.347 e. The molecule has 0 spiro atoms. The molecule has 0 saturated heterocycles. The first-order valence-corrected chi connectivity index (χ1v) is 9.02. The fraction of sp³-hybridized carbons (Fsp3) is 0.190. The number of amides is 1. The summed E-state index contributed by atoms with van der Waals surface area (Å²) in [6, 6.07) is 15.1. The second-order valence-corrected chi connectivity index (χ2v) is 6.76. The predicted octanol–water partition coefficient (Wildman–Crippen LogP) is 4.73. The van der Waals surface area contributed by atoms with Gasteiger partial charge in [0.1, 0.15) is 17.3 Å². The van der Waals surface area contributed by atoms with Gasteiger partial charge in [0.2, 0.25) is 0 Å². The Balaban J connectivity index is 1.78. The molecule has 2 N–H and O–H groups in total. The third kappa shape index (κ3) is 4.63. The van der Waals surface area contributed by atoms with E-state index in [0.717, 1.165) is 22.4 Å². The molecule has 0 aliphatic rings. The van der Waals surface area contributed by atoms with Crippen LogP contribution in [0.2, 0.25) is 5.02 Å². The number of hydrogen-bond acceptors (Lipinski definition) is 4. The quantitative estimate of drug-likeness (QED) is 0.671. The van der Waals surface area contributed by atoms with Gasteiger partial charge in [-0.05, 0) is 43.5 Å². The van der Waals surface area contributed by atoms with E-state index in [9.17, 15) is 4.79 Å². The van der Waals surface area contributed by atoms with E-state index in [1.165, 1.54) is 0 Å². The lowest BCUT2D eigenvalue weighted by molar-refractivity contribution is 0.0945. The molecule has 5 nitrogen and oxygen atoms in total. The number of anilines is 2. The Bertz CT molecular complexity index is 967. The highest BCUT2D eigenvalue weighted by molar-refractivity contribution is 6.31. The highest BCUT2D eigenvalue weighted by Gasteiger charge is 2.12. The Morgan fingerprint density at radius 2 is 1.70 bits per heavy atom. The van der Waals surface area contributed by atoms with E-state index in [4.69, 9.17) is 11.6 Å². The third-order valence-corrected chi connectivity index (χ3v) is 4.57. The van der Waals surface area contributed by atoms with Gasteiger partial charge in [0.15, 0.2) is 0 Å². The molecule has 0 saturated carbocycles. The van der Waals surface area contributed by atoms with Crippen LogP contribution in [0.5, 0.6) is 0 Å². The summed E-state index contributed by atoms with van der Waals surface area (Å²) in [5.41, 5.74) is 4.36. The average molecular weight is 381 g/mol. The molecule has 0 aliphatic heterocycles. The molecule has 0 unspecified atom stereocenters. The van der Waals surface area contributed by atoms with Gasteiger partial charge in [-0.15, -0.1) is 0 Å². The van der Waals surface area contributed by atoms with Crippen molar-refractivity contribution < 1.29 is 4.79 Å². The van der Waals surface area contributed by atoms with E-state index in [-0.39, 0.29) is 5.91 Å². The monoisotopic (exact) mass is 380 g/mol. The maximum absolute atomic E-state index is 12.5. The van der Waals surface area contributed by atoms with Crippen LogP contribution < -0.4 is 10.6 Å². The average Bonchev–Trinajstić information content (AvgIpc) is 2.63. The van der Waals surface area contributed by atoms with Crippen LogP contribution in [0.4, 0.5) is 11.5 Å². The van der Waals surface area contributed by atoms with Crippen molar-refractivity contribution in [1.82, 2.24) is 15.3 Å². The summed E-state index contributed by atoms with van der Waals surface area (Å²) in [7, 11) is 0. The van der Waals surface area contributed by atoms with Crippen molar-refractivity contribution in [3.05, 3.63) is 81.8 Å². The van der Waals surface area contributed by atoms with E-state index >= 15 is 0 Å². The van der Waals surface area contributed by atoms with Crippen LogP contribution in [-0.2, 0) is 6.54 Å². The largest absolute Gasteiger partial charge is 0.347 e. The van der Waals surface area contributed by atoms with E-state index in [2.05, 4.69) is 20.6 Å². The minimum absolute atomic E-state index is 0.273. The van der Waals surface area contributed by atoms with Crippen LogP contribution in [0.25, 0.3) is 0 Å². The highest BCUT2D eigenvalue weighted by Crippen LogP contribution is 2.23. The van der Waals surface area contributed by atoms with Crippen molar-refractivity contribution in [2.24, 2.45) is 0 Å². The van der Waals surface area contributed by atoms with Gasteiger partial charge < -0.3 is 10.6 Å². The molecule has 0 radical (unpaired) electrons. The molecule has 0 aliphatic carbocycles. The lowest BCUT2D eigenvalue weighted by Gasteiger charge is -2.13. The fourth-order valence-electron chi connectivity index (χ4n) is 2.80. The second-order valence-electron chi connectivity index (χ2n) is 6.35. The number of nitrogens with zero attached hydrogens (tertiary/aromatic N) is 2. The Hall–Kier alpha value is -2.92. The molecule has 3 aromatic rings. The molecule has 1 amide bonds. The number of rotatable bonds is 5. The smallest absolute Gasteiger partial charge is 0.270 e. The van der Waals surface area contributed by atoms with Crippen molar-refractivity contribution in [3.63, 3.8) is 0 Å². The van der Waals surface area contributed by atoms with Gasteiger partial charge in [-0.1, -0.05) is 48.0 Å². The maximum Gasteiger partial charge on any atom is 0.270 e. The number of halogens is 1. The summed E-state index contributed by atoms with van der Waals surface area (Å²) >= 11 is 6.14.